The highest BCUT2D eigenvalue weighted by molar-refractivity contribution is 5.76. The number of carbonyl (C=O) groups excluding carboxylic acids is 1. The van der Waals surface area contributed by atoms with Crippen LogP contribution in [0.4, 0.5) is 4.79 Å². The molecule has 4 nitrogen and oxygen atoms in total. The van der Waals surface area contributed by atoms with E-state index in [0.717, 1.165) is 5.56 Å². The Morgan fingerprint density at radius 1 is 1.30 bits per heavy atom. The van der Waals surface area contributed by atoms with Crippen LogP contribution in [0.15, 0.2) is 49.1 Å². The van der Waals surface area contributed by atoms with Gasteiger partial charge in [-0.1, -0.05) is 30.3 Å². The molecule has 0 saturated carbocycles. The monoisotopic (exact) mass is 385 g/mol. The number of halogens is 1. The topological polar surface area (TPSA) is 29.1 Å². The summed E-state index contributed by atoms with van der Waals surface area (Å²) in [4.78, 5) is 14.3. The Bertz CT molecular complexity index is 551. The fourth-order valence-electron chi connectivity index (χ4n) is 1.96. The zero-order valence-electron chi connectivity index (χ0n) is 12.0. The minimum atomic E-state index is -0.000506. The molecule has 1 aromatic heterocycles. The first kappa shape index (κ1) is 16.7. The van der Waals surface area contributed by atoms with Crippen LogP contribution in [0.2, 0.25) is 0 Å². The number of carbonyl (C=O) groups is 1. The molecule has 2 rings (SSSR count). The van der Waals surface area contributed by atoms with Crippen molar-refractivity contribution in [1.82, 2.24) is 9.47 Å². The summed E-state index contributed by atoms with van der Waals surface area (Å²) >= 11 is 0. The largest absolute Gasteiger partial charge is 1.00 e. The van der Waals surface area contributed by atoms with Crippen molar-refractivity contribution in [2.45, 2.75) is 26.4 Å². The summed E-state index contributed by atoms with van der Waals surface area (Å²) in [5.74, 6) is 0. The van der Waals surface area contributed by atoms with Gasteiger partial charge in [-0.3, -0.25) is 4.90 Å². The van der Waals surface area contributed by atoms with Crippen molar-refractivity contribution in [2.24, 2.45) is 7.05 Å². The van der Waals surface area contributed by atoms with Gasteiger partial charge in [0.1, 0.15) is 12.4 Å². The molecule has 0 aliphatic rings. The molecule has 0 saturated heterocycles. The van der Waals surface area contributed by atoms with E-state index in [-0.39, 0.29) is 36.0 Å². The van der Waals surface area contributed by atoms with Crippen molar-refractivity contribution in [3.8, 4) is 0 Å². The van der Waals surface area contributed by atoms with Crippen molar-refractivity contribution < 1.29 is 33.3 Å². The van der Waals surface area contributed by atoms with Gasteiger partial charge in [0.05, 0.1) is 7.05 Å². The van der Waals surface area contributed by atoms with E-state index < -0.39 is 0 Å². The minimum Gasteiger partial charge on any atom is -1.00 e. The summed E-state index contributed by atoms with van der Waals surface area (Å²) in [5.41, 5.74) is 1.14. The van der Waals surface area contributed by atoms with Crippen molar-refractivity contribution in [3.63, 3.8) is 0 Å². The van der Waals surface area contributed by atoms with Gasteiger partial charge < -0.3 is 24.0 Å². The Kier molecular flexibility index (Phi) is 6.19. The summed E-state index contributed by atoms with van der Waals surface area (Å²) in [6.07, 6.45) is 5.42. The molecule has 0 fully saturated rings. The Hall–Kier alpha value is -1.37. The number of aromatic nitrogens is 2. The lowest BCUT2D eigenvalue weighted by Crippen LogP contribution is -3.00. The zero-order chi connectivity index (χ0) is 13.8. The van der Waals surface area contributed by atoms with Gasteiger partial charge in [0.15, 0.2) is 0 Å². The number of benzene rings is 1. The maximum Gasteiger partial charge on any atom is 0.416 e. The molecule has 1 heterocycles. The van der Waals surface area contributed by atoms with Gasteiger partial charge in [-0.2, -0.15) is 4.57 Å². The van der Waals surface area contributed by atoms with E-state index in [1.165, 1.54) is 0 Å². The summed E-state index contributed by atoms with van der Waals surface area (Å²) in [5, 5.41) is 0. The van der Waals surface area contributed by atoms with Crippen molar-refractivity contribution in [2.75, 3.05) is 0 Å². The molecular weight excluding hydrogens is 365 g/mol. The number of rotatable bonds is 3. The Labute approximate surface area is 137 Å². The van der Waals surface area contributed by atoms with E-state index in [1.807, 2.05) is 66.9 Å². The molecule has 5 heteroatoms. The SMILES string of the molecule is CC(C)N(Cc1ccccc1)C(=O)n1cc[n+](C)c1.[I-]. The van der Waals surface area contributed by atoms with E-state index in [4.69, 9.17) is 0 Å². The maximum atomic E-state index is 12.5. The molecule has 20 heavy (non-hydrogen) atoms. The molecule has 0 radical (unpaired) electrons. The number of hydrogen-bond acceptors (Lipinski definition) is 1. The third-order valence-electron chi connectivity index (χ3n) is 3.05. The standard InChI is InChI=1S/C15H20N3O.HI/c1-13(2)18(11-14-7-5-4-6-8-14)15(19)17-10-9-16(3)12-17;/h4-10,12-13H,11H2,1-3H3;1H/q+1;/p-1. The van der Waals surface area contributed by atoms with Gasteiger partial charge in [0, 0.05) is 12.6 Å². The zero-order valence-corrected chi connectivity index (χ0v) is 14.2. The first-order valence-corrected chi connectivity index (χ1v) is 6.46. The van der Waals surface area contributed by atoms with Gasteiger partial charge in [0.2, 0.25) is 0 Å². The van der Waals surface area contributed by atoms with Gasteiger partial charge >= 0.3 is 6.03 Å². The first-order chi connectivity index (χ1) is 9.08. The second kappa shape index (κ2) is 7.42. The molecule has 0 bridgehead atoms. The quantitative estimate of drug-likeness (QED) is 0.503. The predicted molar refractivity (Wildman–Crippen MR) is 73.5 cm³/mol. The Morgan fingerprint density at radius 3 is 2.45 bits per heavy atom. The van der Waals surface area contributed by atoms with Crippen molar-refractivity contribution in [3.05, 3.63) is 54.6 Å². The molecule has 0 aliphatic carbocycles. The Morgan fingerprint density at radius 2 is 1.95 bits per heavy atom. The summed E-state index contributed by atoms with van der Waals surface area (Å²) in [6, 6.07) is 10.2. The molecule has 0 atom stereocenters. The molecule has 0 unspecified atom stereocenters. The maximum absolute atomic E-state index is 12.5. The van der Waals surface area contributed by atoms with Crippen molar-refractivity contribution >= 4 is 6.03 Å². The molecule has 2 aromatic rings. The fraction of sp³-hybridized carbons (Fsp3) is 0.333. The summed E-state index contributed by atoms with van der Waals surface area (Å²) < 4.78 is 3.47. The molecule has 108 valence electrons. The van der Waals surface area contributed by atoms with E-state index in [0.29, 0.717) is 6.54 Å². The van der Waals surface area contributed by atoms with Crippen LogP contribution in [0.1, 0.15) is 19.4 Å². The normalized spacial score (nSPS) is 10.2. The second-order valence-electron chi connectivity index (χ2n) is 4.98. The molecule has 0 N–H and O–H groups in total. The first-order valence-electron chi connectivity index (χ1n) is 6.46. The van der Waals surface area contributed by atoms with Crippen LogP contribution in [0.5, 0.6) is 0 Å². The number of aryl methyl sites for hydroxylation is 1. The second-order valence-corrected chi connectivity index (χ2v) is 4.98. The third kappa shape index (κ3) is 4.06. The van der Waals surface area contributed by atoms with Gasteiger partial charge in [-0.05, 0) is 19.4 Å². The van der Waals surface area contributed by atoms with E-state index in [1.54, 1.807) is 17.1 Å². The summed E-state index contributed by atoms with van der Waals surface area (Å²) in [6.45, 7) is 4.69. The van der Waals surface area contributed by atoms with Crippen LogP contribution < -0.4 is 28.5 Å². The third-order valence-corrected chi connectivity index (χ3v) is 3.05. The number of amides is 1. The lowest BCUT2D eigenvalue weighted by molar-refractivity contribution is -0.670. The summed E-state index contributed by atoms with van der Waals surface area (Å²) in [7, 11) is 1.90. The molecule has 1 amide bonds. The van der Waals surface area contributed by atoms with Crippen LogP contribution in [-0.4, -0.2) is 21.5 Å². The van der Waals surface area contributed by atoms with Crippen LogP contribution in [-0.2, 0) is 13.6 Å². The molecule has 1 aromatic carbocycles. The average Bonchev–Trinajstić information content (AvgIpc) is 2.83. The fourth-order valence-corrected chi connectivity index (χ4v) is 1.96. The van der Waals surface area contributed by atoms with Gasteiger partial charge in [0.25, 0.3) is 6.33 Å². The average molecular weight is 385 g/mol. The van der Waals surface area contributed by atoms with E-state index in [2.05, 4.69) is 0 Å². The highest BCUT2D eigenvalue weighted by Gasteiger charge is 2.23. The Balaban J connectivity index is 0.00000200. The van der Waals surface area contributed by atoms with Gasteiger partial charge in [-0.15, -0.1) is 0 Å². The lowest BCUT2D eigenvalue weighted by atomic mass is 10.2. The van der Waals surface area contributed by atoms with Crippen molar-refractivity contribution in [1.29, 1.82) is 0 Å². The lowest BCUT2D eigenvalue weighted by Gasteiger charge is -2.24. The molecule has 0 spiro atoms. The molecule has 0 aliphatic heterocycles. The minimum absolute atomic E-state index is 0. The van der Waals surface area contributed by atoms with Crippen LogP contribution in [0.25, 0.3) is 0 Å². The highest BCUT2D eigenvalue weighted by atomic mass is 127. The van der Waals surface area contributed by atoms with Crippen LogP contribution in [0.3, 0.4) is 0 Å². The van der Waals surface area contributed by atoms with Gasteiger partial charge in [-0.25, -0.2) is 9.36 Å². The smallest absolute Gasteiger partial charge is 0.416 e. The van der Waals surface area contributed by atoms with E-state index in [9.17, 15) is 4.79 Å². The predicted octanol–water partition coefficient (Wildman–Crippen LogP) is -0.805. The number of imidazole rings is 1. The number of hydrogen-bond donors (Lipinski definition) is 0. The van der Waals surface area contributed by atoms with Crippen LogP contribution in [0, 0.1) is 0 Å². The highest BCUT2D eigenvalue weighted by Crippen LogP contribution is 2.10. The van der Waals surface area contributed by atoms with Crippen LogP contribution >= 0.6 is 0 Å². The molecular formula is C15H20IN3O. The number of nitrogens with zero attached hydrogens (tertiary/aromatic N) is 3. The van der Waals surface area contributed by atoms with E-state index >= 15 is 0 Å².